The second-order valence-corrected chi connectivity index (χ2v) is 12.4. The van der Waals surface area contributed by atoms with Gasteiger partial charge in [0, 0.05) is 0 Å². The number of allylic oxidation sites excluding steroid dienone is 2. The molecule has 1 rings (SSSR count). The average molecular weight is 198 g/mol. The molecule has 0 N–H and O–H groups in total. The van der Waals surface area contributed by atoms with Crippen molar-refractivity contribution in [1.82, 2.24) is 0 Å². The van der Waals surface area contributed by atoms with Crippen LogP contribution < -0.4 is 0 Å². The van der Waals surface area contributed by atoms with E-state index in [0.29, 0.717) is 0 Å². The van der Waals surface area contributed by atoms with Gasteiger partial charge in [-0.3, -0.25) is 0 Å². The van der Waals surface area contributed by atoms with Crippen LogP contribution in [-0.2, 0) is 0 Å². The van der Waals surface area contributed by atoms with Crippen LogP contribution in [0.15, 0.2) is 12.2 Å². The summed E-state index contributed by atoms with van der Waals surface area (Å²) in [5, 5.41) is 0. The minimum absolute atomic E-state index is 0.847. The molecule has 0 saturated heterocycles. The molecular weight excluding hydrogens is 187 g/mol. The summed E-state index contributed by atoms with van der Waals surface area (Å²) >= 11 is -0.847. The van der Waals surface area contributed by atoms with Crippen molar-refractivity contribution in [3.05, 3.63) is 12.2 Å². The molecule has 1 aliphatic heterocycles. The van der Waals surface area contributed by atoms with Crippen molar-refractivity contribution in [2.75, 3.05) is 0 Å². The number of hydrogen-bond acceptors (Lipinski definition) is 0. The number of rotatable bonds is 0. The Bertz CT molecular complexity index is 86.2. The molecule has 1 heterocycles. The molecule has 1 aliphatic rings. The van der Waals surface area contributed by atoms with Crippen molar-refractivity contribution in [2.24, 2.45) is 0 Å². The molecule has 0 radical (unpaired) electrons. The molecule has 0 spiro atoms. The standard InChI is InChI=1S/C5H8.CH3.In/c1-3-5-4-2;;/h3-5H,1H2,2H3;1H3;. The number of hydrogen-bond donors (Lipinski definition) is 0. The third-order valence-corrected chi connectivity index (χ3v) is 10.5. The van der Waals surface area contributed by atoms with Gasteiger partial charge in [-0.15, -0.1) is 0 Å². The van der Waals surface area contributed by atoms with Gasteiger partial charge >= 0.3 is 53.0 Å². The van der Waals surface area contributed by atoms with Crippen LogP contribution in [-0.4, -0.2) is 21.4 Å². The Morgan fingerprint density at radius 3 is 2.57 bits per heavy atom. The van der Waals surface area contributed by atoms with Gasteiger partial charge in [0.05, 0.1) is 0 Å². The molecule has 1 unspecified atom stereocenters. The van der Waals surface area contributed by atoms with Gasteiger partial charge in [-0.05, 0) is 0 Å². The van der Waals surface area contributed by atoms with E-state index < -0.39 is 21.4 Å². The topological polar surface area (TPSA) is 0 Å². The predicted octanol–water partition coefficient (Wildman–Crippen LogP) is 2.07. The summed E-state index contributed by atoms with van der Waals surface area (Å²) in [6, 6.07) is 0. The average Bonchev–Trinajstić information content (AvgIpc) is 1.91. The van der Waals surface area contributed by atoms with E-state index in [1.54, 1.807) is 0 Å². The first-order valence-electron chi connectivity index (χ1n) is 2.97. The third-order valence-electron chi connectivity index (χ3n) is 1.85. The van der Waals surface area contributed by atoms with Crippen LogP contribution in [0, 0.1) is 0 Å². The fraction of sp³-hybridized carbons (Fsp3) is 0.667. The zero-order valence-corrected chi connectivity index (χ0v) is 8.31. The van der Waals surface area contributed by atoms with Crippen molar-refractivity contribution in [1.29, 1.82) is 0 Å². The van der Waals surface area contributed by atoms with E-state index in [4.69, 9.17) is 0 Å². The van der Waals surface area contributed by atoms with Crippen molar-refractivity contribution >= 4 is 21.4 Å². The normalized spacial score (nSPS) is 29.4. The van der Waals surface area contributed by atoms with Crippen molar-refractivity contribution in [3.63, 3.8) is 0 Å². The van der Waals surface area contributed by atoms with Crippen molar-refractivity contribution < 1.29 is 0 Å². The molecule has 0 nitrogen and oxygen atoms in total. The summed E-state index contributed by atoms with van der Waals surface area (Å²) in [6.45, 7) is 2.37. The summed E-state index contributed by atoms with van der Waals surface area (Å²) in [5.41, 5.74) is 0. The fourth-order valence-electron chi connectivity index (χ4n) is 0.912. The van der Waals surface area contributed by atoms with E-state index in [9.17, 15) is 0 Å². The Balaban J connectivity index is 2.45. The molecule has 0 aromatic rings. The summed E-state index contributed by atoms with van der Waals surface area (Å²) in [4.78, 5) is 0. The quantitative estimate of drug-likeness (QED) is 0.522. The maximum atomic E-state index is 2.51. The maximum absolute atomic E-state index is 2.51. The van der Waals surface area contributed by atoms with E-state index in [1.807, 2.05) is 0 Å². The molecule has 0 aromatic carbocycles. The summed E-state index contributed by atoms with van der Waals surface area (Å²) < 4.78 is 5.05. The first-order chi connectivity index (χ1) is 3.30. The molecule has 0 aromatic heterocycles. The van der Waals surface area contributed by atoms with Gasteiger partial charge in [-0.2, -0.15) is 0 Å². The summed E-state index contributed by atoms with van der Waals surface area (Å²) in [6.07, 6.45) is 4.76. The summed E-state index contributed by atoms with van der Waals surface area (Å²) in [7, 11) is 0. The second-order valence-electron chi connectivity index (χ2n) is 2.50. The van der Waals surface area contributed by atoms with Gasteiger partial charge in [0.1, 0.15) is 0 Å². The molecule has 38 valence electrons. The Morgan fingerprint density at radius 2 is 2.43 bits per heavy atom. The van der Waals surface area contributed by atoms with Crippen molar-refractivity contribution in [2.45, 2.75) is 19.5 Å². The molecule has 7 heavy (non-hydrogen) atoms. The van der Waals surface area contributed by atoms with E-state index in [-0.39, 0.29) is 0 Å². The van der Waals surface area contributed by atoms with Gasteiger partial charge < -0.3 is 0 Å². The third kappa shape index (κ3) is 1.25. The van der Waals surface area contributed by atoms with E-state index in [0.717, 1.165) is 3.67 Å². The van der Waals surface area contributed by atoms with Crippen molar-refractivity contribution in [3.8, 4) is 0 Å². The van der Waals surface area contributed by atoms with Crippen LogP contribution in [0.5, 0.6) is 0 Å². The molecule has 0 bridgehead atoms. The van der Waals surface area contributed by atoms with Gasteiger partial charge in [-0.25, -0.2) is 0 Å². The zero-order valence-electron chi connectivity index (χ0n) is 5.02. The minimum atomic E-state index is -0.847. The van der Waals surface area contributed by atoms with Crippen LogP contribution in [0.3, 0.4) is 0 Å². The first kappa shape index (κ1) is 5.74. The Kier molecular flexibility index (Phi) is 1.85. The Hall–Kier alpha value is 0.610. The second kappa shape index (κ2) is 2.25. The van der Waals surface area contributed by atoms with Crippen LogP contribution >= 0.6 is 0 Å². The van der Waals surface area contributed by atoms with E-state index in [1.165, 1.54) is 4.18 Å². The molecule has 0 fully saturated rings. The fourth-order valence-corrected chi connectivity index (χ4v) is 5.34. The molecule has 1 atom stereocenters. The SMILES string of the molecule is C[CH]1C=C[CH2][In]1[CH3]. The van der Waals surface area contributed by atoms with Gasteiger partial charge in [-0.1, -0.05) is 0 Å². The van der Waals surface area contributed by atoms with E-state index in [2.05, 4.69) is 23.8 Å². The van der Waals surface area contributed by atoms with Gasteiger partial charge in [0.25, 0.3) is 0 Å². The first-order valence-corrected chi connectivity index (χ1v) is 10.5. The van der Waals surface area contributed by atoms with Crippen LogP contribution in [0.1, 0.15) is 6.92 Å². The van der Waals surface area contributed by atoms with E-state index >= 15 is 0 Å². The molecular formula is C6H11In. The van der Waals surface area contributed by atoms with Crippen LogP contribution in [0.25, 0.3) is 0 Å². The Labute approximate surface area is 53.1 Å². The van der Waals surface area contributed by atoms with Gasteiger partial charge in [0.15, 0.2) is 0 Å². The predicted molar refractivity (Wildman–Crippen MR) is 35.0 cm³/mol. The zero-order chi connectivity index (χ0) is 5.28. The van der Waals surface area contributed by atoms with Gasteiger partial charge in [0.2, 0.25) is 0 Å². The molecule has 1 heteroatoms. The molecule has 0 aliphatic carbocycles. The van der Waals surface area contributed by atoms with Crippen LogP contribution in [0.2, 0.25) is 12.5 Å². The molecule has 0 amide bonds. The monoisotopic (exact) mass is 198 g/mol. The summed E-state index contributed by atoms with van der Waals surface area (Å²) in [5.74, 6) is 0. The Morgan fingerprint density at radius 1 is 1.71 bits per heavy atom. The molecule has 0 saturated carbocycles. The van der Waals surface area contributed by atoms with Crippen LogP contribution in [0.4, 0.5) is 0 Å².